The van der Waals surface area contributed by atoms with E-state index in [0.29, 0.717) is 19.6 Å². The number of allylic oxidation sites excluding steroid dienone is 10. The number of esters is 1. The highest BCUT2D eigenvalue weighted by molar-refractivity contribution is 5.69. The van der Waals surface area contributed by atoms with Crippen LogP contribution < -0.4 is 0 Å². The van der Waals surface area contributed by atoms with Crippen molar-refractivity contribution in [3.63, 3.8) is 0 Å². The van der Waals surface area contributed by atoms with Crippen LogP contribution in [-0.2, 0) is 14.3 Å². The fourth-order valence-corrected chi connectivity index (χ4v) is 7.71. The molecule has 0 bridgehead atoms. The highest BCUT2D eigenvalue weighted by atomic mass is 16.6. The van der Waals surface area contributed by atoms with Gasteiger partial charge in [-0.1, -0.05) is 261 Å². The van der Waals surface area contributed by atoms with Crippen LogP contribution in [0.5, 0.6) is 0 Å². The first-order valence-corrected chi connectivity index (χ1v) is 26.4. The maximum absolute atomic E-state index is 12.3. The van der Waals surface area contributed by atoms with Crippen molar-refractivity contribution in [2.75, 3.05) is 19.8 Å². The summed E-state index contributed by atoms with van der Waals surface area (Å²) in [4.78, 5) is 12.3. The van der Waals surface area contributed by atoms with Gasteiger partial charge in [-0.05, 0) is 57.8 Å². The van der Waals surface area contributed by atoms with Crippen LogP contribution in [0.4, 0.5) is 0 Å². The number of carbonyl (C=O) groups is 1. The lowest BCUT2D eigenvalue weighted by atomic mass is 10.0. The van der Waals surface area contributed by atoms with Gasteiger partial charge in [-0.15, -0.1) is 0 Å². The van der Waals surface area contributed by atoms with Gasteiger partial charge >= 0.3 is 5.97 Å². The van der Waals surface area contributed by atoms with Gasteiger partial charge in [-0.2, -0.15) is 0 Å². The normalized spacial score (nSPS) is 12.8. The third kappa shape index (κ3) is 50.4. The third-order valence-corrected chi connectivity index (χ3v) is 11.6. The van der Waals surface area contributed by atoms with Gasteiger partial charge in [0.15, 0.2) is 0 Å². The Morgan fingerprint density at radius 2 is 0.750 bits per heavy atom. The molecule has 1 N–H and O–H groups in total. The lowest BCUT2D eigenvalue weighted by Crippen LogP contribution is -2.27. The Balaban J connectivity index is 3.41. The molecule has 0 saturated carbocycles. The van der Waals surface area contributed by atoms with Crippen molar-refractivity contribution < 1.29 is 19.4 Å². The zero-order chi connectivity index (χ0) is 43.3. The first-order chi connectivity index (χ1) is 29.7. The van der Waals surface area contributed by atoms with E-state index in [4.69, 9.17) is 9.47 Å². The van der Waals surface area contributed by atoms with Gasteiger partial charge in [0.1, 0.15) is 6.10 Å². The van der Waals surface area contributed by atoms with Crippen molar-refractivity contribution >= 4 is 5.97 Å². The molecule has 0 rings (SSSR count). The second kappa shape index (κ2) is 53.2. The molecule has 0 aromatic heterocycles. The molecule has 4 nitrogen and oxygen atoms in total. The lowest BCUT2D eigenvalue weighted by Gasteiger charge is -2.16. The average Bonchev–Trinajstić information content (AvgIpc) is 3.25. The number of rotatable bonds is 49. The number of aliphatic hydroxyl groups excluding tert-OH is 1. The number of unbranched alkanes of at least 4 members (excludes halogenated alkanes) is 31. The minimum absolute atomic E-state index is 0.174. The predicted molar refractivity (Wildman–Crippen MR) is 265 cm³/mol. The molecule has 0 heterocycles. The van der Waals surface area contributed by atoms with Crippen molar-refractivity contribution in [3.8, 4) is 0 Å². The molecule has 60 heavy (non-hydrogen) atoms. The number of hydrogen-bond acceptors (Lipinski definition) is 4. The fourth-order valence-electron chi connectivity index (χ4n) is 7.71. The van der Waals surface area contributed by atoms with E-state index in [1.54, 1.807) is 0 Å². The molecule has 1 unspecified atom stereocenters. The van der Waals surface area contributed by atoms with Crippen LogP contribution in [0.1, 0.15) is 264 Å². The van der Waals surface area contributed by atoms with Gasteiger partial charge in [-0.25, -0.2) is 0 Å². The monoisotopic (exact) mass is 839 g/mol. The van der Waals surface area contributed by atoms with Crippen molar-refractivity contribution in [1.82, 2.24) is 0 Å². The quantitative estimate of drug-likeness (QED) is 0.0377. The van der Waals surface area contributed by atoms with Gasteiger partial charge in [-0.3, -0.25) is 4.79 Å². The van der Waals surface area contributed by atoms with E-state index in [9.17, 15) is 9.90 Å². The molecule has 0 aromatic carbocycles. The smallest absolute Gasteiger partial charge is 0.306 e. The second-order valence-electron chi connectivity index (χ2n) is 17.6. The molecule has 1 atom stereocenters. The van der Waals surface area contributed by atoms with Crippen LogP contribution in [0.15, 0.2) is 60.8 Å². The van der Waals surface area contributed by atoms with E-state index < -0.39 is 6.10 Å². The Kier molecular flexibility index (Phi) is 51.5. The molecule has 0 fully saturated rings. The Morgan fingerprint density at radius 1 is 0.417 bits per heavy atom. The van der Waals surface area contributed by atoms with Crippen LogP contribution in [0.2, 0.25) is 0 Å². The Hall–Kier alpha value is -1.91. The first kappa shape index (κ1) is 58.1. The van der Waals surface area contributed by atoms with Crippen molar-refractivity contribution in [3.05, 3.63) is 60.8 Å². The SMILES string of the molecule is CC/C=C\C/C=C\C/C=C\C/C=C\C/C=C\CCCCCCCCCCOCC(CO)OC(=O)CCCCCCCCCCCCCCCCCCCCCCCCCC. The minimum Gasteiger partial charge on any atom is -0.457 e. The zero-order valence-corrected chi connectivity index (χ0v) is 40.2. The highest BCUT2D eigenvalue weighted by Crippen LogP contribution is 2.16. The van der Waals surface area contributed by atoms with E-state index in [1.165, 1.54) is 193 Å². The summed E-state index contributed by atoms with van der Waals surface area (Å²) in [5, 5.41) is 9.66. The highest BCUT2D eigenvalue weighted by Gasteiger charge is 2.13. The summed E-state index contributed by atoms with van der Waals surface area (Å²) in [5.41, 5.74) is 0. The molecule has 4 heteroatoms. The van der Waals surface area contributed by atoms with Crippen molar-refractivity contribution in [2.45, 2.75) is 270 Å². The van der Waals surface area contributed by atoms with Gasteiger partial charge in [0.25, 0.3) is 0 Å². The fraction of sp³-hybridized carbons (Fsp3) is 0.804. The Bertz CT molecular complexity index is 978. The first-order valence-electron chi connectivity index (χ1n) is 26.4. The third-order valence-electron chi connectivity index (χ3n) is 11.6. The number of carbonyl (C=O) groups excluding carboxylic acids is 1. The van der Waals surface area contributed by atoms with Crippen LogP contribution >= 0.6 is 0 Å². The topological polar surface area (TPSA) is 55.8 Å². The molecule has 0 aliphatic carbocycles. The molecule has 350 valence electrons. The molecular formula is C56H102O4. The van der Waals surface area contributed by atoms with Crippen LogP contribution in [0, 0.1) is 0 Å². The average molecular weight is 839 g/mol. The number of hydrogen-bond donors (Lipinski definition) is 1. The summed E-state index contributed by atoms with van der Waals surface area (Å²) >= 11 is 0. The maximum Gasteiger partial charge on any atom is 0.306 e. The van der Waals surface area contributed by atoms with Crippen LogP contribution in [0.25, 0.3) is 0 Å². The van der Waals surface area contributed by atoms with E-state index >= 15 is 0 Å². The number of aliphatic hydroxyl groups is 1. The van der Waals surface area contributed by atoms with E-state index in [0.717, 1.165) is 51.4 Å². The van der Waals surface area contributed by atoms with Crippen molar-refractivity contribution in [2.24, 2.45) is 0 Å². The standard InChI is InChI=1S/C56H102O4/c1-3-5-7-9-11-13-15-17-19-21-23-25-27-29-31-33-35-37-39-41-43-45-47-49-51-56(58)60-55(53-57)54-59-52-50-48-46-44-42-40-38-36-34-32-30-28-26-24-22-20-18-16-14-12-10-8-6-4-2/h6,8,12,14,18,20,24,26,30,32,55,57H,3-5,7,9-11,13,15-17,19,21-23,25,27-29,31,33-54H2,1-2H3/b8-6-,14-12-,20-18-,26-24-,32-30-. The van der Waals surface area contributed by atoms with Gasteiger partial charge in [0, 0.05) is 13.0 Å². The van der Waals surface area contributed by atoms with E-state index in [1.807, 2.05) is 0 Å². The Labute approximate surface area is 375 Å². The zero-order valence-electron chi connectivity index (χ0n) is 40.2. The molecule has 0 saturated heterocycles. The number of ether oxygens (including phenoxy) is 2. The van der Waals surface area contributed by atoms with E-state index in [-0.39, 0.29) is 12.6 Å². The Morgan fingerprint density at radius 3 is 1.13 bits per heavy atom. The van der Waals surface area contributed by atoms with Crippen LogP contribution in [-0.4, -0.2) is 37.0 Å². The van der Waals surface area contributed by atoms with Gasteiger partial charge in [0.2, 0.25) is 0 Å². The summed E-state index contributed by atoms with van der Waals surface area (Å²) < 4.78 is 11.2. The maximum atomic E-state index is 12.3. The predicted octanol–water partition coefficient (Wildman–Crippen LogP) is 17.9. The van der Waals surface area contributed by atoms with Crippen molar-refractivity contribution in [1.29, 1.82) is 0 Å². The summed E-state index contributed by atoms with van der Waals surface area (Å²) in [6.45, 7) is 5.25. The molecule has 0 aliphatic rings. The van der Waals surface area contributed by atoms with E-state index in [2.05, 4.69) is 74.6 Å². The summed E-state index contributed by atoms with van der Waals surface area (Å²) in [6, 6.07) is 0. The minimum atomic E-state index is -0.540. The molecule has 0 amide bonds. The second-order valence-corrected chi connectivity index (χ2v) is 17.6. The molecule has 0 aliphatic heterocycles. The van der Waals surface area contributed by atoms with Gasteiger partial charge < -0.3 is 14.6 Å². The summed E-state index contributed by atoms with van der Waals surface area (Å²) in [7, 11) is 0. The van der Waals surface area contributed by atoms with Crippen LogP contribution in [0.3, 0.4) is 0 Å². The molecule has 0 aromatic rings. The molecular weight excluding hydrogens is 737 g/mol. The summed E-state index contributed by atoms with van der Waals surface area (Å²) in [6.07, 6.45) is 71.8. The summed E-state index contributed by atoms with van der Waals surface area (Å²) in [5.74, 6) is -0.200. The molecule has 0 radical (unpaired) electrons. The molecule has 0 spiro atoms. The van der Waals surface area contributed by atoms with Gasteiger partial charge in [0.05, 0.1) is 13.2 Å². The lowest BCUT2D eigenvalue weighted by molar-refractivity contribution is -0.154. The largest absolute Gasteiger partial charge is 0.457 e.